The Balaban J connectivity index is 1.68. The summed E-state index contributed by atoms with van der Waals surface area (Å²) in [5.74, 6) is 1.10. The van der Waals surface area contributed by atoms with Gasteiger partial charge in [0, 0.05) is 34.5 Å². The second-order valence-electron chi connectivity index (χ2n) is 7.38. The first-order valence-corrected chi connectivity index (χ1v) is 11.1. The van der Waals surface area contributed by atoms with Crippen LogP contribution in [0.4, 0.5) is 11.4 Å². The molecule has 0 amide bonds. The van der Waals surface area contributed by atoms with Gasteiger partial charge in [0.15, 0.2) is 0 Å². The lowest BCUT2D eigenvalue weighted by Crippen LogP contribution is -2.19. The van der Waals surface area contributed by atoms with Crippen molar-refractivity contribution in [2.24, 2.45) is 5.73 Å². The molecular formula is C25H26N2O4S. The van der Waals surface area contributed by atoms with E-state index in [1.54, 1.807) is 26.0 Å². The summed E-state index contributed by atoms with van der Waals surface area (Å²) in [5, 5.41) is 0. The number of hydrogen-bond acceptors (Lipinski definition) is 7. The number of esters is 1. The molecule has 166 valence electrons. The molecule has 0 radical (unpaired) electrons. The molecule has 0 bridgehead atoms. The van der Waals surface area contributed by atoms with Gasteiger partial charge in [-0.2, -0.15) is 0 Å². The summed E-state index contributed by atoms with van der Waals surface area (Å²) in [5.41, 5.74) is 10.8. The zero-order valence-electron chi connectivity index (χ0n) is 18.4. The van der Waals surface area contributed by atoms with Crippen LogP contribution < -0.4 is 20.1 Å². The molecule has 6 nitrogen and oxygen atoms in total. The molecule has 0 aliphatic carbocycles. The van der Waals surface area contributed by atoms with Crippen LogP contribution in [0.5, 0.6) is 11.5 Å². The van der Waals surface area contributed by atoms with Gasteiger partial charge in [-0.05, 0) is 29.8 Å². The summed E-state index contributed by atoms with van der Waals surface area (Å²) < 4.78 is 16.7. The SMILES string of the molecule is COc1ccc2c(c1CN)Sc1c(ccc(OC)c1CC(=O)OCc1ccccc1)N2C. The number of methoxy groups -OCH3 is 2. The number of ether oxygens (including phenoxy) is 3. The molecule has 0 aromatic heterocycles. The van der Waals surface area contributed by atoms with Crippen LogP contribution in [-0.4, -0.2) is 27.2 Å². The summed E-state index contributed by atoms with van der Waals surface area (Å²) in [6, 6.07) is 17.5. The minimum Gasteiger partial charge on any atom is -0.496 e. The van der Waals surface area contributed by atoms with Gasteiger partial charge >= 0.3 is 5.97 Å². The largest absolute Gasteiger partial charge is 0.496 e. The van der Waals surface area contributed by atoms with Crippen molar-refractivity contribution in [2.75, 3.05) is 26.2 Å². The molecule has 1 aliphatic heterocycles. The van der Waals surface area contributed by atoms with Crippen LogP contribution >= 0.6 is 11.8 Å². The molecule has 0 saturated heterocycles. The van der Waals surface area contributed by atoms with Crippen molar-refractivity contribution in [3.63, 3.8) is 0 Å². The number of hydrogen-bond donors (Lipinski definition) is 1. The number of nitrogens with zero attached hydrogens (tertiary/aromatic N) is 1. The molecule has 0 atom stereocenters. The first kappa shape index (κ1) is 22.0. The minimum atomic E-state index is -0.306. The van der Waals surface area contributed by atoms with Crippen molar-refractivity contribution < 1.29 is 19.0 Å². The van der Waals surface area contributed by atoms with Gasteiger partial charge in [0.25, 0.3) is 0 Å². The molecule has 1 aliphatic rings. The third kappa shape index (κ3) is 4.13. The maximum Gasteiger partial charge on any atom is 0.310 e. The lowest BCUT2D eigenvalue weighted by molar-refractivity contribution is -0.144. The second kappa shape index (κ2) is 9.54. The number of carbonyl (C=O) groups is 1. The van der Waals surface area contributed by atoms with Crippen LogP contribution in [0.2, 0.25) is 0 Å². The molecule has 3 aromatic carbocycles. The molecule has 0 saturated carbocycles. The van der Waals surface area contributed by atoms with Gasteiger partial charge in [0.2, 0.25) is 0 Å². The Bertz CT molecular complexity index is 1130. The van der Waals surface area contributed by atoms with Crippen molar-refractivity contribution in [3.05, 3.63) is 71.3 Å². The van der Waals surface area contributed by atoms with Crippen molar-refractivity contribution in [1.29, 1.82) is 0 Å². The van der Waals surface area contributed by atoms with Crippen LogP contribution in [0, 0.1) is 0 Å². The van der Waals surface area contributed by atoms with Gasteiger partial charge < -0.3 is 24.8 Å². The van der Waals surface area contributed by atoms with Gasteiger partial charge in [-0.3, -0.25) is 4.79 Å². The van der Waals surface area contributed by atoms with Crippen molar-refractivity contribution in [3.8, 4) is 11.5 Å². The number of carbonyl (C=O) groups excluding carboxylic acids is 1. The van der Waals surface area contributed by atoms with E-state index in [4.69, 9.17) is 19.9 Å². The van der Waals surface area contributed by atoms with E-state index in [0.717, 1.165) is 43.6 Å². The molecule has 3 aromatic rings. The molecule has 0 spiro atoms. The Morgan fingerprint density at radius 1 is 0.906 bits per heavy atom. The number of nitrogens with two attached hydrogens (primary N) is 1. The Kier molecular flexibility index (Phi) is 6.58. The van der Waals surface area contributed by atoms with Crippen LogP contribution in [0.25, 0.3) is 0 Å². The molecule has 7 heteroatoms. The van der Waals surface area contributed by atoms with Crippen LogP contribution in [0.3, 0.4) is 0 Å². The Hall–Kier alpha value is -3.16. The fourth-order valence-corrected chi connectivity index (χ4v) is 5.29. The standard InChI is InChI=1S/C25H26N2O4S/c1-27-19-9-11-21(29-2)17(13-23(28)31-15-16-7-5-4-6-8-16)24(19)32-25-18(14-26)22(30-3)12-10-20(25)27/h4-12H,13-15,26H2,1-3H3. The zero-order chi connectivity index (χ0) is 22.7. The first-order chi connectivity index (χ1) is 15.6. The number of rotatable bonds is 7. The van der Waals surface area contributed by atoms with E-state index in [1.807, 2.05) is 61.6 Å². The van der Waals surface area contributed by atoms with E-state index in [0.29, 0.717) is 12.3 Å². The minimum absolute atomic E-state index is 0.108. The average molecular weight is 451 g/mol. The highest BCUT2D eigenvalue weighted by molar-refractivity contribution is 7.99. The third-order valence-corrected chi connectivity index (χ3v) is 6.85. The third-order valence-electron chi connectivity index (χ3n) is 5.53. The molecule has 2 N–H and O–H groups in total. The number of anilines is 2. The monoisotopic (exact) mass is 450 g/mol. The maximum atomic E-state index is 12.7. The smallest absolute Gasteiger partial charge is 0.310 e. The molecular weight excluding hydrogens is 424 g/mol. The fourth-order valence-electron chi connectivity index (χ4n) is 3.86. The summed E-state index contributed by atoms with van der Waals surface area (Å²) in [6.45, 7) is 0.586. The maximum absolute atomic E-state index is 12.7. The summed E-state index contributed by atoms with van der Waals surface area (Å²) in [4.78, 5) is 16.8. The van der Waals surface area contributed by atoms with Crippen LogP contribution in [0.15, 0.2) is 64.4 Å². The normalized spacial score (nSPS) is 12.1. The lowest BCUT2D eigenvalue weighted by atomic mass is 10.1. The number of benzene rings is 3. The lowest BCUT2D eigenvalue weighted by Gasteiger charge is -2.33. The molecule has 4 rings (SSSR count). The summed E-state index contributed by atoms with van der Waals surface area (Å²) in [6.07, 6.45) is 0.108. The fraction of sp³-hybridized carbons (Fsp3) is 0.240. The Labute approximate surface area is 192 Å². The van der Waals surface area contributed by atoms with Gasteiger partial charge in [0.05, 0.1) is 32.0 Å². The van der Waals surface area contributed by atoms with E-state index in [-0.39, 0.29) is 19.0 Å². The second-order valence-corrected chi connectivity index (χ2v) is 8.40. The molecule has 1 heterocycles. The van der Waals surface area contributed by atoms with Gasteiger partial charge in [0.1, 0.15) is 18.1 Å². The topological polar surface area (TPSA) is 74.0 Å². The van der Waals surface area contributed by atoms with Crippen molar-refractivity contribution in [1.82, 2.24) is 0 Å². The van der Waals surface area contributed by atoms with E-state index in [2.05, 4.69) is 4.90 Å². The number of fused-ring (bicyclic) bond motifs is 2. The summed E-state index contributed by atoms with van der Waals surface area (Å²) >= 11 is 1.59. The van der Waals surface area contributed by atoms with E-state index < -0.39 is 0 Å². The predicted octanol–water partition coefficient (Wildman–Crippen LogP) is 4.68. The highest BCUT2D eigenvalue weighted by Crippen LogP contribution is 2.53. The highest BCUT2D eigenvalue weighted by Gasteiger charge is 2.29. The van der Waals surface area contributed by atoms with E-state index >= 15 is 0 Å². The highest BCUT2D eigenvalue weighted by atomic mass is 32.2. The molecule has 0 fully saturated rings. The molecule has 32 heavy (non-hydrogen) atoms. The molecule has 0 unspecified atom stereocenters. The first-order valence-electron chi connectivity index (χ1n) is 10.3. The Morgan fingerprint density at radius 3 is 2.09 bits per heavy atom. The van der Waals surface area contributed by atoms with Crippen LogP contribution in [-0.2, 0) is 29.1 Å². The van der Waals surface area contributed by atoms with Gasteiger partial charge in [-0.1, -0.05) is 42.1 Å². The van der Waals surface area contributed by atoms with Crippen molar-refractivity contribution >= 4 is 29.1 Å². The van der Waals surface area contributed by atoms with Crippen molar-refractivity contribution in [2.45, 2.75) is 29.4 Å². The zero-order valence-corrected chi connectivity index (χ0v) is 19.2. The predicted molar refractivity (Wildman–Crippen MR) is 126 cm³/mol. The average Bonchev–Trinajstić information content (AvgIpc) is 2.83. The Morgan fingerprint density at radius 2 is 1.50 bits per heavy atom. The van der Waals surface area contributed by atoms with Gasteiger partial charge in [-0.15, -0.1) is 0 Å². The summed E-state index contributed by atoms with van der Waals surface area (Å²) in [7, 11) is 5.26. The van der Waals surface area contributed by atoms with E-state index in [1.165, 1.54) is 0 Å². The van der Waals surface area contributed by atoms with E-state index in [9.17, 15) is 4.79 Å². The quantitative estimate of drug-likeness (QED) is 0.524. The van der Waals surface area contributed by atoms with Gasteiger partial charge in [-0.25, -0.2) is 0 Å². The van der Waals surface area contributed by atoms with Crippen LogP contribution in [0.1, 0.15) is 16.7 Å².